The summed E-state index contributed by atoms with van der Waals surface area (Å²) in [4.78, 5) is 51.7. The van der Waals surface area contributed by atoms with Gasteiger partial charge in [0, 0.05) is 29.8 Å². The second kappa shape index (κ2) is 12.1. The molecule has 4 aromatic rings. The molecule has 1 saturated heterocycles. The molecule has 2 fully saturated rings. The van der Waals surface area contributed by atoms with E-state index in [4.69, 9.17) is 9.72 Å². The van der Waals surface area contributed by atoms with Crippen molar-refractivity contribution in [1.82, 2.24) is 14.9 Å². The molecule has 2 aromatic heterocycles. The Hall–Kier alpha value is -5.21. The number of carbonyl (C=O) groups is 3. The smallest absolute Gasteiger partial charge is 0.311 e. The molecule has 2 amide bonds. The number of nitrogens with zero attached hydrogens (tertiary/aromatic N) is 3. The van der Waals surface area contributed by atoms with E-state index < -0.39 is 40.7 Å². The van der Waals surface area contributed by atoms with Crippen LogP contribution < -0.4 is 0 Å². The van der Waals surface area contributed by atoms with Crippen LogP contribution in [0.25, 0.3) is 5.57 Å². The topological polar surface area (TPSA) is 110 Å². The summed E-state index contributed by atoms with van der Waals surface area (Å²) in [5.41, 5.74) is 2.60. The predicted octanol–water partition coefficient (Wildman–Crippen LogP) is 5.59. The Morgan fingerprint density at radius 1 is 0.812 bits per heavy atom. The molecule has 1 aliphatic heterocycles. The number of amides is 2. The molecular weight excluding hydrogens is 602 g/mol. The number of allylic oxidation sites excluding steroid dienone is 2. The highest BCUT2D eigenvalue weighted by Crippen LogP contribution is 2.64. The molecule has 8 nitrogen and oxygen atoms in total. The number of hydrogen-bond donors (Lipinski definition) is 1. The standard InChI is InChI=1S/C40H37N3O5/c1-39(2,3)38(46)48-23-22-43-36(44)33-27-24-28(40(47,26-16-8-5-9-17-26)30-19-11-13-21-42-30)34(35(33)37(43)45)32(27)31(25-14-6-4-7-15-25)29-18-10-12-20-41-29/h4-21,24,27,33-35,47H,22-23H2,1-3H3. The predicted molar refractivity (Wildman–Crippen MR) is 180 cm³/mol. The lowest BCUT2D eigenvalue weighted by atomic mass is 9.71. The van der Waals surface area contributed by atoms with Crippen LogP contribution in [0.5, 0.6) is 0 Å². The van der Waals surface area contributed by atoms with Crippen molar-refractivity contribution in [3.05, 3.63) is 149 Å². The second-order valence-electron chi connectivity index (χ2n) is 13.6. The van der Waals surface area contributed by atoms with E-state index in [9.17, 15) is 19.5 Å². The number of benzene rings is 2. The van der Waals surface area contributed by atoms with E-state index in [0.29, 0.717) is 16.8 Å². The van der Waals surface area contributed by atoms with E-state index >= 15 is 0 Å². The van der Waals surface area contributed by atoms with Crippen molar-refractivity contribution < 1.29 is 24.2 Å². The highest BCUT2D eigenvalue weighted by atomic mass is 16.5. The summed E-state index contributed by atoms with van der Waals surface area (Å²) in [7, 11) is 0. The van der Waals surface area contributed by atoms with Gasteiger partial charge in [0.2, 0.25) is 11.8 Å². The summed E-state index contributed by atoms with van der Waals surface area (Å²) in [6, 6.07) is 30.3. The summed E-state index contributed by atoms with van der Waals surface area (Å²) in [5, 5.41) is 13.0. The van der Waals surface area contributed by atoms with Crippen LogP contribution in [-0.4, -0.2) is 50.9 Å². The highest BCUT2D eigenvalue weighted by molar-refractivity contribution is 6.08. The van der Waals surface area contributed by atoms with Gasteiger partial charge in [0.15, 0.2) is 5.60 Å². The number of pyridine rings is 2. The second-order valence-corrected chi connectivity index (χ2v) is 13.6. The van der Waals surface area contributed by atoms with Gasteiger partial charge in [0.1, 0.15) is 6.61 Å². The maximum absolute atomic E-state index is 14.4. The zero-order valence-electron chi connectivity index (χ0n) is 27.1. The average molecular weight is 640 g/mol. The van der Waals surface area contributed by atoms with Crippen LogP contribution in [0.4, 0.5) is 0 Å². The van der Waals surface area contributed by atoms with Crippen molar-refractivity contribution in [3.8, 4) is 0 Å². The molecule has 8 heteroatoms. The van der Waals surface area contributed by atoms with Crippen molar-refractivity contribution in [2.75, 3.05) is 13.2 Å². The Morgan fingerprint density at radius 3 is 2.06 bits per heavy atom. The van der Waals surface area contributed by atoms with Crippen molar-refractivity contribution >= 4 is 23.4 Å². The lowest BCUT2D eigenvalue weighted by Gasteiger charge is -2.36. The normalized spacial score (nSPS) is 23.8. The van der Waals surface area contributed by atoms with Crippen molar-refractivity contribution in [3.63, 3.8) is 0 Å². The summed E-state index contributed by atoms with van der Waals surface area (Å²) < 4.78 is 5.46. The molecule has 3 aliphatic rings. The SMILES string of the molecule is CC(C)(C)C(=O)OCCN1C(=O)C2C3C=C(C(O)(c4ccccc4)c4ccccn4)C(C3=C(c3ccccc3)c3ccccn3)C2C1=O. The Labute approximate surface area is 279 Å². The van der Waals surface area contributed by atoms with Gasteiger partial charge in [-0.25, -0.2) is 0 Å². The molecule has 1 N–H and O–H groups in total. The van der Waals surface area contributed by atoms with Gasteiger partial charge in [0.05, 0.1) is 35.2 Å². The highest BCUT2D eigenvalue weighted by Gasteiger charge is 2.66. The summed E-state index contributed by atoms with van der Waals surface area (Å²) >= 11 is 0. The fraction of sp³-hybridized carbons (Fsp3) is 0.275. The van der Waals surface area contributed by atoms with Gasteiger partial charge in [-0.15, -0.1) is 0 Å². The molecular formula is C40H37N3O5. The summed E-state index contributed by atoms with van der Waals surface area (Å²) in [6.07, 6.45) is 5.36. The molecule has 2 bridgehead atoms. The third-order valence-electron chi connectivity index (χ3n) is 9.70. The number of fused-ring (bicyclic) bond motifs is 5. The van der Waals surface area contributed by atoms with Crippen molar-refractivity contribution in [2.24, 2.45) is 29.1 Å². The molecule has 2 aromatic carbocycles. The van der Waals surface area contributed by atoms with Gasteiger partial charge >= 0.3 is 5.97 Å². The molecule has 2 aliphatic carbocycles. The van der Waals surface area contributed by atoms with Crippen LogP contribution in [0.2, 0.25) is 0 Å². The maximum Gasteiger partial charge on any atom is 0.311 e. The number of rotatable bonds is 8. The van der Waals surface area contributed by atoms with Crippen LogP contribution >= 0.6 is 0 Å². The molecule has 242 valence electrons. The van der Waals surface area contributed by atoms with Crippen LogP contribution in [0.1, 0.15) is 43.3 Å². The van der Waals surface area contributed by atoms with E-state index in [1.54, 1.807) is 45.3 Å². The van der Waals surface area contributed by atoms with E-state index in [-0.39, 0.29) is 25.0 Å². The fourth-order valence-corrected chi connectivity index (χ4v) is 7.58. The van der Waals surface area contributed by atoms with Gasteiger partial charge in [0.25, 0.3) is 0 Å². The molecule has 0 spiro atoms. The van der Waals surface area contributed by atoms with Gasteiger partial charge in [-0.1, -0.05) is 78.9 Å². The van der Waals surface area contributed by atoms with Crippen LogP contribution in [0.15, 0.2) is 127 Å². The number of imide groups is 1. The van der Waals surface area contributed by atoms with Gasteiger partial charge < -0.3 is 9.84 Å². The largest absolute Gasteiger partial charge is 0.463 e. The molecule has 5 atom stereocenters. The van der Waals surface area contributed by atoms with Crippen molar-refractivity contribution in [2.45, 2.75) is 26.4 Å². The van der Waals surface area contributed by atoms with E-state index in [1.807, 2.05) is 91.0 Å². The Bertz CT molecular complexity index is 1840. The van der Waals surface area contributed by atoms with Gasteiger partial charge in [-0.2, -0.15) is 0 Å². The zero-order chi connectivity index (χ0) is 33.6. The summed E-state index contributed by atoms with van der Waals surface area (Å²) in [5.74, 6) is -3.61. The van der Waals surface area contributed by atoms with E-state index in [0.717, 1.165) is 22.4 Å². The lowest BCUT2D eigenvalue weighted by Crippen LogP contribution is -2.39. The average Bonchev–Trinajstić information content (AvgIpc) is 3.72. The quantitative estimate of drug-likeness (QED) is 0.152. The molecule has 5 unspecified atom stereocenters. The fourth-order valence-electron chi connectivity index (χ4n) is 7.58. The van der Waals surface area contributed by atoms with Crippen LogP contribution in [-0.2, 0) is 24.7 Å². The Morgan fingerprint density at radius 2 is 1.44 bits per heavy atom. The molecule has 0 radical (unpaired) electrons. The maximum atomic E-state index is 14.4. The van der Waals surface area contributed by atoms with E-state index in [2.05, 4.69) is 4.98 Å². The molecule has 48 heavy (non-hydrogen) atoms. The van der Waals surface area contributed by atoms with Gasteiger partial charge in [-0.05, 0) is 67.3 Å². The molecule has 1 saturated carbocycles. The Kier molecular flexibility index (Phi) is 7.92. The minimum absolute atomic E-state index is 0.0325. The number of esters is 1. The zero-order valence-corrected chi connectivity index (χ0v) is 27.1. The van der Waals surface area contributed by atoms with Crippen LogP contribution in [0.3, 0.4) is 0 Å². The van der Waals surface area contributed by atoms with E-state index in [1.165, 1.54) is 4.90 Å². The number of aromatic nitrogens is 2. The summed E-state index contributed by atoms with van der Waals surface area (Å²) in [6.45, 7) is 5.15. The Balaban J connectivity index is 1.40. The first-order valence-electron chi connectivity index (χ1n) is 16.3. The minimum Gasteiger partial charge on any atom is -0.463 e. The van der Waals surface area contributed by atoms with Crippen molar-refractivity contribution in [1.29, 1.82) is 0 Å². The molecule has 7 rings (SSSR count). The number of ether oxygens (including phenoxy) is 1. The first-order valence-corrected chi connectivity index (χ1v) is 16.3. The monoisotopic (exact) mass is 639 g/mol. The minimum atomic E-state index is -1.69. The molecule has 3 heterocycles. The first kappa shape index (κ1) is 31.4. The third-order valence-corrected chi connectivity index (χ3v) is 9.70. The lowest BCUT2D eigenvalue weighted by molar-refractivity contribution is -0.155. The third kappa shape index (κ3) is 5.08. The van der Waals surface area contributed by atoms with Crippen LogP contribution in [0, 0.1) is 29.1 Å². The number of likely N-dealkylation sites (tertiary alicyclic amines) is 1. The number of carbonyl (C=O) groups excluding carboxylic acids is 3. The number of aliphatic hydroxyl groups is 1. The first-order chi connectivity index (χ1) is 23.1. The van der Waals surface area contributed by atoms with Gasteiger partial charge in [-0.3, -0.25) is 29.3 Å². The number of hydrogen-bond acceptors (Lipinski definition) is 7.